The van der Waals surface area contributed by atoms with Gasteiger partial charge in [0.1, 0.15) is 30.5 Å². The molecule has 0 saturated heterocycles. The van der Waals surface area contributed by atoms with Gasteiger partial charge in [-0.2, -0.15) is 0 Å². The summed E-state index contributed by atoms with van der Waals surface area (Å²) >= 11 is 0. The van der Waals surface area contributed by atoms with Crippen LogP contribution in [-0.4, -0.2) is 19.2 Å². The summed E-state index contributed by atoms with van der Waals surface area (Å²) in [5.74, 6) is 1.72. The first kappa shape index (κ1) is 18.5. The smallest absolute Gasteiger partial charge is 0.343 e. The van der Waals surface area contributed by atoms with Crippen molar-refractivity contribution in [1.82, 2.24) is 0 Å². The summed E-state index contributed by atoms with van der Waals surface area (Å²) in [4.78, 5) is 12.4. The number of rotatable bonds is 7. The van der Waals surface area contributed by atoms with Crippen molar-refractivity contribution in [2.45, 2.75) is 13.8 Å². The van der Waals surface area contributed by atoms with Crippen molar-refractivity contribution in [3.8, 4) is 17.2 Å². The lowest BCUT2D eigenvalue weighted by Gasteiger charge is -2.11. The van der Waals surface area contributed by atoms with Gasteiger partial charge in [-0.05, 0) is 61.4 Å². The fourth-order valence-corrected chi connectivity index (χ4v) is 2.63. The van der Waals surface area contributed by atoms with Crippen LogP contribution in [0.4, 0.5) is 0 Å². The molecule has 0 aliphatic carbocycles. The van der Waals surface area contributed by atoms with Gasteiger partial charge in [-0.3, -0.25) is 0 Å². The molecule has 3 rings (SSSR count). The summed E-state index contributed by atoms with van der Waals surface area (Å²) in [5, 5.41) is 0. The molecule has 3 aromatic carbocycles. The van der Waals surface area contributed by atoms with Gasteiger partial charge in [-0.15, -0.1) is 0 Å². The summed E-state index contributed by atoms with van der Waals surface area (Å²) < 4.78 is 16.8. The summed E-state index contributed by atoms with van der Waals surface area (Å²) in [7, 11) is 0. The molecule has 0 bridgehead atoms. The Morgan fingerprint density at radius 1 is 0.704 bits per heavy atom. The zero-order valence-electron chi connectivity index (χ0n) is 15.5. The highest BCUT2D eigenvalue weighted by Gasteiger charge is 2.12. The van der Waals surface area contributed by atoms with Crippen molar-refractivity contribution in [2.24, 2.45) is 0 Å². The van der Waals surface area contributed by atoms with Crippen LogP contribution in [0.15, 0.2) is 72.8 Å². The maximum atomic E-state index is 12.4. The molecule has 0 unspecified atom stereocenters. The molecule has 27 heavy (non-hydrogen) atoms. The third kappa shape index (κ3) is 5.11. The summed E-state index contributed by atoms with van der Waals surface area (Å²) in [5.41, 5.74) is 2.34. The van der Waals surface area contributed by atoms with Crippen molar-refractivity contribution in [2.75, 3.05) is 13.2 Å². The SMILES string of the molecule is Cc1cccc(C)c1OC(=O)c1ccc(OCCOc2ccccc2)cc1. The Morgan fingerprint density at radius 3 is 1.85 bits per heavy atom. The van der Waals surface area contributed by atoms with Crippen molar-refractivity contribution >= 4 is 5.97 Å². The summed E-state index contributed by atoms with van der Waals surface area (Å²) in [6.45, 7) is 4.70. The minimum absolute atomic E-state index is 0.383. The van der Waals surface area contributed by atoms with Crippen LogP contribution < -0.4 is 14.2 Å². The number of carbonyl (C=O) groups is 1. The Balaban J connectivity index is 1.51. The second-order valence-corrected chi connectivity index (χ2v) is 6.14. The van der Waals surface area contributed by atoms with E-state index in [1.807, 2.05) is 62.4 Å². The molecular weight excluding hydrogens is 340 g/mol. The number of esters is 1. The van der Waals surface area contributed by atoms with Gasteiger partial charge in [0.25, 0.3) is 0 Å². The van der Waals surface area contributed by atoms with E-state index in [0.29, 0.717) is 30.3 Å². The van der Waals surface area contributed by atoms with Crippen LogP contribution >= 0.6 is 0 Å². The number of carbonyl (C=O) groups excluding carboxylic acids is 1. The second kappa shape index (κ2) is 8.90. The Bertz CT molecular complexity index is 866. The predicted molar refractivity (Wildman–Crippen MR) is 105 cm³/mol. The quantitative estimate of drug-likeness (QED) is 0.338. The molecule has 138 valence electrons. The molecule has 0 N–H and O–H groups in total. The van der Waals surface area contributed by atoms with Crippen LogP contribution in [0.5, 0.6) is 17.2 Å². The average Bonchev–Trinajstić information content (AvgIpc) is 2.69. The van der Waals surface area contributed by atoms with Gasteiger partial charge < -0.3 is 14.2 Å². The van der Waals surface area contributed by atoms with E-state index in [1.54, 1.807) is 24.3 Å². The highest BCUT2D eigenvalue weighted by atomic mass is 16.5. The van der Waals surface area contributed by atoms with Crippen LogP contribution in [0.1, 0.15) is 21.5 Å². The lowest BCUT2D eigenvalue weighted by atomic mass is 10.1. The molecule has 0 atom stereocenters. The van der Waals surface area contributed by atoms with Crippen LogP contribution in [0.25, 0.3) is 0 Å². The first-order valence-corrected chi connectivity index (χ1v) is 8.82. The lowest BCUT2D eigenvalue weighted by molar-refractivity contribution is 0.0732. The molecule has 0 radical (unpaired) electrons. The van der Waals surface area contributed by atoms with Gasteiger partial charge in [-0.25, -0.2) is 4.79 Å². The molecule has 4 nitrogen and oxygen atoms in total. The third-order valence-corrected chi connectivity index (χ3v) is 4.06. The highest BCUT2D eigenvalue weighted by molar-refractivity contribution is 5.91. The molecule has 0 heterocycles. The number of benzene rings is 3. The van der Waals surface area contributed by atoms with E-state index in [9.17, 15) is 4.79 Å². The molecule has 0 fully saturated rings. The van der Waals surface area contributed by atoms with E-state index in [0.717, 1.165) is 16.9 Å². The van der Waals surface area contributed by atoms with E-state index < -0.39 is 0 Å². The lowest BCUT2D eigenvalue weighted by Crippen LogP contribution is -2.11. The predicted octanol–water partition coefficient (Wildman–Crippen LogP) is 4.98. The van der Waals surface area contributed by atoms with Gasteiger partial charge in [0.15, 0.2) is 0 Å². The number of aryl methyl sites for hydroxylation is 2. The van der Waals surface area contributed by atoms with E-state index in [2.05, 4.69) is 0 Å². The maximum Gasteiger partial charge on any atom is 0.343 e. The van der Waals surface area contributed by atoms with Crippen LogP contribution in [-0.2, 0) is 0 Å². The van der Waals surface area contributed by atoms with Crippen LogP contribution in [0.3, 0.4) is 0 Å². The topological polar surface area (TPSA) is 44.8 Å². The van der Waals surface area contributed by atoms with Gasteiger partial charge in [0.2, 0.25) is 0 Å². The summed E-state index contributed by atoms with van der Waals surface area (Å²) in [6, 6.07) is 22.3. The Morgan fingerprint density at radius 2 is 1.26 bits per heavy atom. The summed E-state index contributed by atoms with van der Waals surface area (Å²) in [6.07, 6.45) is 0. The zero-order chi connectivity index (χ0) is 19.1. The molecule has 0 aliphatic rings. The normalized spacial score (nSPS) is 10.3. The zero-order valence-corrected chi connectivity index (χ0v) is 15.5. The van der Waals surface area contributed by atoms with Crippen molar-refractivity contribution in [1.29, 1.82) is 0 Å². The number of hydrogen-bond donors (Lipinski definition) is 0. The molecule has 0 aromatic heterocycles. The van der Waals surface area contributed by atoms with E-state index in [4.69, 9.17) is 14.2 Å². The van der Waals surface area contributed by atoms with Crippen LogP contribution in [0, 0.1) is 13.8 Å². The molecule has 0 amide bonds. The number of para-hydroxylation sites is 2. The Labute approximate surface area is 159 Å². The molecular formula is C23H22O4. The van der Waals surface area contributed by atoms with Crippen molar-refractivity contribution in [3.05, 3.63) is 89.5 Å². The molecule has 0 aliphatic heterocycles. The molecule has 0 spiro atoms. The van der Waals surface area contributed by atoms with E-state index in [-0.39, 0.29) is 5.97 Å². The highest BCUT2D eigenvalue weighted by Crippen LogP contribution is 2.24. The molecule has 0 saturated carbocycles. The van der Waals surface area contributed by atoms with Gasteiger partial charge in [-0.1, -0.05) is 36.4 Å². The van der Waals surface area contributed by atoms with Gasteiger partial charge in [0.05, 0.1) is 5.56 Å². The third-order valence-electron chi connectivity index (χ3n) is 4.06. The standard InChI is InChI=1S/C23H22O4/c1-17-7-6-8-18(2)22(17)27-23(24)19-11-13-21(14-12-19)26-16-15-25-20-9-4-3-5-10-20/h3-14H,15-16H2,1-2H3. The number of ether oxygens (including phenoxy) is 3. The van der Waals surface area contributed by atoms with Gasteiger partial charge >= 0.3 is 5.97 Å². The fourth-order valence-electron chi connectivity index (χ4n) is 2.63. The largest absolute Gasteiger partial charge is 0.490 e. The van der Waals surface area contributed by atoms with Gasteiger partial charge in [0, 0.05) is 0 Å². The van der Waals surface area contributed by atoms with E-state index >= 15 is 0 Å². The first-order valence-electron chi connectivity index (χ1n) is 8.82. The minimum atomic E-state index is -0.383. The number of hydrogen-bond acceptors (Lipinski definition) is 4. The fraction of sp³-hybridized carbons (Fsp3) is 0.174. The van der Waals surface area contributed by atoms with Crippen LogP contribution in [0.2, 0.25) is 0 Å². The minimum Gasteiger partial charge on any atom is -0.490 e. The molecule has 3 aromatic rings. The molecule has 4 heteroatoms. The Kier molecular flexibility index (Phi) is 6.10. The monoisotopic (exact) mass is 362 g/mol. The average molecular weight is 362 g/mol. The second-order valence-electron chi connectivity index (χ2n) is 6.14. The van der Waals surface area contributed by atoms with Crippen molar-refractivity contribution < 1.29 is 19.0 Å². The van der Waals surface area contributed by atoms with Crippen molar-refractivity contribution in [3.63, 3.8) is 0 Å². The van der Waals surface area contributed by atoms with E-state index in [1.165, 1.54) is 0 Å². The maximum absolute atomic E-state index is 12.4. The Hall–Kier alpha value is -3.27. The first-order chi connectivity index (χ1) is 13.1.